The number of aromatic amines is 1. The highest BCUT2D eigenvalue weighted by Gasteiger charge is 2.60. The lowest BCUT2D eigenvalue weighted by Crippen LogP contribution is -2.76. The maximum atomic E-state index is 12.6. The normalized spacial score (nSPS) is 26.3. The summed E-state index contributed by atoms with van der Waals surface area (Å²) in [7, 11) is 0. The number of H-pyrrole nitrogens is 1. The maximum absolute atomic E-state index is 12.6. The van der Waals surface area contributed by atoms with Crippen LogP contribution in [-0.4, -0.2) is 23.0 Å². The third-order valence-electron chi connectivity index (χ3n) is 5.20. The minimum absolute atomic E-state index is 0.0366. The Balaban J connectivity index is 1.87. The number of nitrogens with one attached hydrogen (secondary N) is 2. The van der Waals surface area contributed by atoms with Gasteiger partial charge in [-0.05, 0) is 6.07 Å². The molecule has 1 fully saturated rings. The average molecular weight is 285 g/mol. The molecule has 0 unspecified atom stereocenters. The molecule has 1 saturated carbocycles. The number of rotatable bonds is 2. The van der Waals surface area contributed by atoms with E-state index in [9.17, 15) is 4.79 Å². The molecule has 4 heteroatoms. The van der Waals surface area contributed by atoms with Crippen molar-refractivity contribution in [1.29, 1.82) is 0 Å². The topological polar surface area (TPSA) is 70.9 Å². The van der Waals surface area contributed by atoms with Crippen molar-refractivity contribution < 1.29 is 4.79 Å². The summed E-state index contributed by atoms with van der Waals surface area (Å²) in [5, 5.41) is 4.14. The van der Waals surface area contributed by atoms with E-state index in [2.05, 4.69) is 38.0 Å². The monoisotopic (exact) mass is 285 g/mol. The first-order valence-corrected chi connectivity index (χ1v) is 7.39. The summed E-state index contributed by atoms with van der Waals surface area (Å²) in [5.41, 5.74) is 7.74. The van der Waals surface area contributed by atoms with Gasteiger partial charge in [-0.25, -0.2) is 0 Å². The van der Waals surface area contributed by atoms with Gasteiger partial charge in [0.05, 0.1) is 5.56 Å². The Morgan fingerprint density at radius 2 is 1.81 bits per heavy atom. The van der Waals surface area contributed by atoms with Crippen LogP contribution in [0.25, 0.3) is 10.9 Å². The van der Waals surface area contributed by atoms with Crippen LogP contribution in [0, 0.1) is 10.8 Å². The van der Waals surface area contributed by atoms with Crippen LogP contribution in [0.2, 0.25) is 0 Å². The van der Waals surface area contributed by atoms with Crippen molar-refractivity contribution >= 4 is 16.8 Å². The Bertz CT molecular complexity index is 683. The number of carbonyl (C=O) groups excluding carboxylic acids is 1. The lowest BCUT2D eigenvalue weighted by Gasteiger charge is -2.62. The number of aromatic nitrogens is 1. The minimum atomic E-state index is -0.0920. The Hall–Kier alpha value is -1.81. The minimum Gasteiger partial charge on any atom is -0.360 e. The van der Waals surface area contributed by atoms with Crippen LogP contribution in [0.3, 0.4) is 0 Å². The van der Waals surface area contributed by atoms with E-state index in [1.54, 1.807) is 6.20 Å². The summed E-state index contributed by atoms with van der Waals surface area (Å²) in [6.45, 7) is 8.46. The van der Waals surface area contributed by atoms with Crippen LogP contribution < -0.4 is 11.1 Å². The average Bonchev–Trinajstić information content (AvgIpc) is 2.87. The van der Waals surface area contributed by atoms with Gasteiger partial charge in [0, 0.05) is 40.0 Å². The van der Waals surface area contributed by atoms with E-state index in [4.69, 9.17) is 5.73 Å². The molecule has 4 nitrogen and oxygen atoms in total. The number of para-hydroxylation sites is 1. The Labute approximate surface area is 125 Å². The maximum Gasteiger partial charge on any atom is 0.253 e. The molecule has 3 rings (SSSR count). The molecule has 0 atom stereocenters. The van der Waals surface area contributed by atoms with Crippen LogP contribution in [0.4, 0.5) is 0 Å². The fraction of sp³-hybridized carbons (Fsp3) is 0.471. The summed E-state index contributed by atoms with van der Waals surface area (Å²) in [6, 6.07) is 7.99. The summed E-state index contributed by atoms with van der Waals surface area (Å²) >= 11 is 0. The Morgan fingerprint density at radius 1 is 1.19 bits per heavy atom. The standard InChI is InChI=1S/C17H23N3O/c1-16(2)14(18)17(3,4)15(16)20-13(21)11-9-19-12-8-6-5-7-10(11)12/h5-9,14-15,19H,18H2,1-4H3,(H,20,21). The molecule has 1 aromatic heterocycles. The van der Waals surface area contributed by atoms with Gasteiger partial charge in [-0.1, -0.05) is 45.9 Å². The van der Waals surface area contributed by atoms with E-state index < -0.39 is 0 Å². The molecule has 0 radical (unpaired) electrons. The van der Waals surface area contributed by atoms with Gasteiger partial charge in [0.15, 0.2) is 0 Å². The molecular weight excluding hydrogens is 262 g/mol. The fourth-order valence-corrected chi connectivity index (χ4v) is 4.02. The number of fused-ring (bicyclic) bond motifs is 1. The van der Waals surface area contributed by atoms with Gasteiger partial charge in [0.25, 0.3) is 5.91 Å². The number of hydrogen-bond donors (Lipinski definition) is 3. The molecule has 1 heterocycles. The molecule has 2 aromatic rings. The molecule has 0 aliphatic heterocycles. The van der Waals surface area contributed by atoms with Crippen molar-refractivity contribution in [3.63, 3.8) is 0 Å². The lowest BCUT2D eigenvalue weighted by atomic mass is 9.48. The summed E-state index contributed by atoms with van der Waals surface area (Å²) in [5.74, 6) is -0.0366. The number of benzene rings is 1. The van der Waals surface area contributed by atoms with Crippen molar-refractivity contribution in [3.05, 3.63) is 36.0 Å². The van der Waals surface area contributed by atoms with Gasteiger partial charge < -0.3 is 16.0 Å². The highest BCUT2D eigenvalue weighted by molar-refractivity contribution is 6.06. The van der Waals surface area contributed by atoms with E-state index >= 15 is 0 Å². The molecule has 1 aliphatic rings. The second-order valence-corrected chi connectivity index (χ2v) is 7.27. The van der Waals surface area contributed by atoms with Crippen molar-refractivity contribution in [2.24, 2.45) is 16.6 Å². The predicted octanol–water partition coefficient (Wildman–Crippen LogP) is 2.66. The van der Waals surface area contributed by atoms with Gasteiger partial charge in [-0.3, -0.25) is 4.79 Å². The second kappa shape index (κ2) is 4.34. The quantitative estimate of drug-likeness (QED) is 0.794. The van der Waals surface area contributed by atoms with Crippen LogP contribution >= 0.6 is 0 Å². The van der Waals surface area contributed by atoms with Gasteiger partial charge in [-0.15, -0.1) is 0 Å². The molecule has 0 spiro atoms. The van der Waals surface area contributed by atoms with Crippen molar-refractivity contribution in [1.82, 2.24) is 10.3 Å². The van der Waals surface area contributed by atoms with E-state index in [1.165, 1.54) is 0 Å². The van der Waals surface area contributed by atoms with Crippen LogP contribution in [0.1, 0.15) is 38.1 Å². The molecule has 112 valence electrons. The van der Waals surface area contributed by atoms with Crippen LogP contribution in [-0.2, 0) is 0 Å². The zero-order valence-electron chi connectivity index (χ0n) is 13.0. The third kappa shape index (κ3) is 1.89. The Morgan fingerprint density at radius 3 is 2.48 bits per heavy atom. The fourth-order valence-electron chi connectivity index (χ4n) is 4.02. The predicted molar refractivity (Wildman–Crippen MR) is 85.1 cm³/mol. The van der Waals surface area contributed by atoms with Gasteiger partial charge >= 0.3 is 0 Å². The lowest BCUT2D eigenvalue weighted by molar-refractivity contribution is -0.0663. The van der Waals surface area contributed by atoms with Gasteiger partial charge in [-0.2, -0.15) is 0 Å². The molecule has 21 heavy (non-hydrogen) atoms. The smallest absolute Gasteiger partial charge is 0.253 e. The van der Waals surface area contributed by atoms with Crippen molar-refractivity contribution in [3.8, 4) is 0 Å². The summed E-state index contributed by atoms with van der Waals surface area (Å²) in [4.78, 5) is 15.8. The van der Waals surface area contributed by atoms with E-state index in [1.807, 2.05) is 24.3 Å². The van der Waals surface area contributed by atoms with Crippen molar-refractivity contribution in [2.75, 3.05) is 0 Å². The molecule has 1 aromatic carbocycles. The molecule has 1 aliphatic carbocycles. The highest BCUT2D eigenvalue weighted by Crippen LogP contribution is 2.52. The number of carbonyl (C=O) groups is 1. The number of nitrogens with two attached hydrogens (primary N) is 1. The molecule has 0 bridgehead atoms. The van der Waals surface area contributed by atoms with E-state index in [0.29, 0.717) is 5.56 Å². The van der Waals surface area contributed by atoms with Gasteiger partial charge in [0.1, 0.15) is 0 Å². The molecule has 0 saturated heterocycles. The van der Waals surface area contributed by atoms with Crippen LogP contribution in [0.15, 0.2) is 30.5 Å². The third-order valence-corrected chi connectivity index (χ3v) is 5.20. The molecule has 4 N–H and O–H groups in total. The van der Waals surface area contributed by atoms with Gasteiger partial charge in [0.2, 0.25) is 0 Å². The van der Waals surface area contributed by atoms with E-state index in [-0.39, 0.29) is 28.8 Å². The second-order valence-electron chi connectivity index (χ2n) is 7.27. The Kier molecular flexibility index (Phi) is 2.92. The van der Waals surface area contributed by atoms with Crippen molar-refractivity contribution in [2.45, 2.75) is 39.8 Å². The first-order chi connectivity index (χ1) is 9.76. The largest absolute Gasteiger partial charge is 0.360 e. The SMILES string of the molecule is CC1(C)C(N)C(C)(C)C1NC(=O)c1c[nH]c2ccccc12. The van der Waals surface area contributed by atoms with Crippen LogP contribution in [0.5, 0.6) is 0 Å². The van der Waals surface area contributed by atoms with E-state index in [0.717, 1.165) is 10.9 Å². The summed E-state index contributed by atoms with van der Waals surface area (Å²) in [6.07, 6.45) is 1.78. The number of amides is 1. The highest BCUT2D eigenvalue weighted by atomic mass is 16.1. The molecular formula is C17H23N3O. The number of hydrogen-bond acceptors (Lipinski definition) is 2. The first-order valence-electron chi connectivity index (χ1n) is 7.39. The zero-order valence-corrected chi connectivity index (χ0v) is 13.0. The molecule has 1 amide bonds. The first kappa shape index (κ1) is 14.1. The zero-order chi connectivity index (χ0) is 15.4. The summed E-state index contributed by atoms with van der Waals surface area (Å²) < 4.78 is 0.